The lowest BCUT2D eigenvalue weighted by atomic mass is 9.84. The van der Waals surface area contributed by atoms with Gasteiger partial charge in [0.05, 0.1) is 10.4 Å². The zero-order valence-corrected chi connectivity index (χ0v) is 12.3. The van der Waals surface area contributed by atoms with Crippen LogP contribution in [0.15, 0.2) is 5.38 Å². The molecule has 1 N–H and O–H groups in total. The number of likely N-dealkylation sites (tertiary alicyclic amines) is 1. The second-order valence-electron chi connectivity index (χ2n) is 5.70. The average molecular weight is 308 g/mol. The smallest absolute Gasteiger partial charge is 0.355 e. The van der Waals surface area contributed by atoms with Crippen LogP contribution in [0.25, 0.3) is 0 Å². The predicted octanol–water partition coefficient (Wildman–Crippen LogP) is 1.70. The highest BCUT2D eigenvalue weighted by atomic mass is 32.1. The fraction of sp³-hybridized carbons (Fsp3) is 0.571. The van der Waals surface area contributed by atoms with Crippen molar-refractivity contribution in [3.63, 3.8) is 0 Å². The van der Waals surface area contributed by atoms with Crippen LogP contribution in [-0.4, -0.2) is 39.3 Å². The van der Waals surface area contributed by atoms with E-state index in [4.69, 9.17) is 5.11 Å². The molecular weight excluding hydrogens is 292 g/mol. The molecule has 1 aliphatic heterocycles. The molecule has 1 aromatic heterocycles. The molecule has 2 amide bonds. The van der Waals surface area contributed by atoms with E-state index in [2.05, 4.69) is 4.98 Å². The maximum absolute atomic E-state index is 12.5. The number of carboxylic acid groups (broad SMARTS) is 1. The molecule has 1 aromatic rings. The highest BCUT2D eigenvalue weighted by molar-refractivity contribution is 7.09. The van der Waals surface area contributed by atoms with E-state index >= 15 is 0 Å². The lowest BCUT2D eigenvalue weighted by molar-refractivity contribution is -0.141. The van der Waals surface area contributed by atoms with Crippen LogP contribution in [0, 0.1) is 5.41 Å². The van der Waals surface area contributed by atoms with Gasteiger partial charge in [-0.25, -0.2) is 9.78 Å². The van der Waals surface area contributed by atoms with Crippen LogP contribution in [0.1, 0.15) is 47.6 Å². The van der Waals surface area contributed by atoms with E-state index in [0.717, 1.165) is 25.7 Å². The van der Waals surface area contributed by atoms with Gasteiger partial charge < -0.3 is 5.11 Å². The number of carbonyl (C=O) groups excluding carboxylic acids is 2. The van der Waals surface area contributed by atoms with E-state index in [1.54, 1.807) is 0 Å². The molecule has 0 aromatic carbocycles. The minimum Gasteiger partial charge on any atom is -0.476 e. The molecule has 0 bridgehead atoms. The molecule has 0 atom stereocenters. The van der Waals surface area contributed by atoms with Crippen molar-refractivity contribution in [1.82, 2.24) is 9.88 Å². The maximum Gasteiger partial charge on any atom is 0.355 e. The molecule has 1 aliphatic carbocycles. The van der Waals surface area contributed by atoms with Gasteiger partial charge in [0.15, 0.2) is 5.69 Å². The van der Waals surface area contributed by atoms with Crippen molar-refractivity contribution in [2.75, 3.05) is 6.54 Å². The number of aromatic nitrogens is 1. The Hall–Kier alpha value is -1.76. The minimum atomic E-state index is -1.06. The number of nitrogens with zero attached hydrogens (tertiary/aromatic N) is 2. The second kappa shape index (κ2) is 5.22. The standard InChI is InChI=1S/C14H16N2O4S/c17-11-7-14(4-1-2-5-14)13(20)16(11)6-3-10-15-9(8-21-10)12(18)19/h8H,1-7H2,(H,18,19). The van der Waals surface area contributed by atoms with Gasteiger partial charge in [-0.15, -0.1) is 11.3 Å². The lowest BCUT2D eigenvalue weighted by Crippen LogP contribution is -2.35. The predicted molar refractivity (Wildman–Crippen MR) is 75.0 cm³/mol. The molecular formula is C14H16N2O4S. The zero-order chi connectivity index (χ0) is 15.0. The molecule has 1 saturated carbocycles. The Morgan fingerprint density at radius 2 is 2.10 bits per heavy atom. The van der Waals surface area contributed by atoms with Crippen molar-refractivity contribution in [2.24, 2.45) is 5.41 Å². The van der Waals surface area contributed by atoms with E-state index in [0.29, 0.717) is 24.4 Å². The van der Waals surface area contributed by atoms with Gasteiger partial charge in [0, 0.05) is 24.8 Å². The van der Waals surface area contributed by atoms with Gasteiger partial charge >= 0.3 is 5.97 Å². The lowest BCUT2D eigenvalue weighted by Gasteiger charge is -2.20. The number of carboxylic acids is 1. The van der Waals surface area contributed by atoms with E-state index in [9.17, 15) is 14.4 Å². The van der Waals surface area contributed by atoms with Crippen molar-refractivity contribution in [3.8, 4) is 0 Å². The molecule has 0 radical (unpaired) electrons. The fourth-order valence-electron chi connectivity index (χ4n) is 3.26. The molecule has 7 heteroatoms. The zero-order valence-electron chi connectivity index (χ0n) is 11.5. The summed E-state index contributed by atoms with van der Waals surface area (Å²) in [5.74, 6) is -1.20. The summed E-state index contributed by atoms with van der Waals surface area (Å²) in [6.07, 6.45) is 4.42. The van der Waals surface area contributed by atoms with Crippen LogP contribution >= 0.6 is 11.3 Å². The van der Waals surface area contributed by atoms with Crippen LogP contribution < -0.4 is 0 Å². The fourth-order valence-corrected chi connectivity index (χ4v) is 4.02. The summed E-state index contributed by atoms with van der Waals surface area (Å²) in [5.41, 5.74) is -0.423. The summed E-state index contributed by atoms with van der Waals surface area (Å²) in [6.45, 7) is 0.298. The Bertz CT molecular complexity index is 604. The summed E-state index contributed by atoms with van der Waals surface area (Å²) in [5, 5.41) is 10.9. The number of imide groups is 1. The van der Waals surface area contributed by atoms with E-state index < -0.39 is 11.4 Å². The molecule has 112 valence electrons. The number of aromatic carboxylic acids is 1. The van der Waals surface area contributed by atoms with Gasteiger partial charge in [-0.05, 0) is 12.8 Å². The Balaban J connectivity index is 1.66. The largest absolute Gasteiger partial charge is 0.476 e. The Kier molecular flexibility index (Phi) is 3.52. The summed E-state index contributed by atoms with van der Waals surface area (Å²) >= 11 is 1.25. The third kappa shape index (κ3) is 2.46. The van der Waals surface area contributed by atoms with Gasteiger partial charge in [-0.1, -0.05) is 12.8 Å². The summed E-state index contributed by atoms with van der Waals surface area (Å²) in [6, 6.07) is 0. The Labute approximate surface area is 125 Å². The Morgan fingerprint density at radius 1 is 1.38 bits per heavy atom. The van der Waals surface area contributed by atoms with Gasteiger partial charge in [0.1, 0.15) is 0 Å². The first-order chi connectivity index (χ1) is 10.0. The maximum atomic E-state index is 12.5. The molecule has 3 rings (SSSR count). The number of thiazole rings is 1. The van der Waals surface area contributed by atoms with E-state index in [-0.39, 0.29) is 17.5 Å². The first-order valence-corrected chi connectivity index (χ1v) is 7.92. The van der Waals surface area contributed by atoms with Crippen molar-refractivity contribution in [2.45, 2.75) is 38.5 Å². The highest BCUT2D eigenvalue weighted by Gasteiger charge is 2.52. The number of hydrogen-bond acceptors (Lipinski definition) is 5. The molecule has 6 nitrogen and oxygen atoms in total. The van der Waals surface area contributed by atoms with Crippen LogP contribution in [0.4, 0.5) is 0 Å². The van der Waals surface area contributed by atoms with Crippen molar-refractivity contribution in [3.05, 3.63) is 16.1 Å². The van der Waals surface area contributed by atoms with Crippen LogP contribution in [-0.2, 0) is 16.0 Å². The normalized spacial score (nSPS) is 20.7. The molecule has 1 saturated heterocycles. The van der Waals surface area contributed by atoms with Gasteiger partial charge in [-0.2, -0.15) is 0 Å². The van der Waals surface area contributed by atoms with Crippen LogP contribution in [0.3, 0.4) is 0 Å². The van der Waals surface area contributed by atoms with Gasteiger partial charge in [0.25, 0.3) is 0 Å². The van der Waals surface area contributed by atoms with Crippen LogP contribution in [0.5, 0.6) is 0 Å². The first kappa shape index (κ1) is 14.2. The molecule has 21 heavy (non-hydrogen) atoms. The quantitative estimate of drug-likeness (QED) is 0.855. The SMILES string of the molecule is O=C(O)c1csc(CCN2C(=O)CC3(CCCC3)C2=O)n1. The molecule has 1 spiro atoms. The topological polar surface area (TPSA) is 87.6 Å². The monoisotopic (exact) mass is 308 g/mol. The number of carbonyl (C=O) groups is 3. The molecule has 2 heterocycles. The minimum absolute atomic E-state index is 0.0151. The summed E-state index contributed by atoms with van der Waals surface area (Å²) in [7, 11) is 0. The molecule has 2 aliphatic rings. The third-order valence-corrected chi connectivity index (χ3v) is 5.28. The summed E-state index contributed by atoms with van der Waals surface area (Å²) in [4.78, 5) is 40.6. The second-order valence-corrected chi connectivity index (χ2v) is 6.64. The molecule has 0 unspecified atom stereocenters. The highest BCUT2D eigenvalue weighted by Crippen LogP contribution is 2.46. The van der Waals surface area contributed by atoms with E-state index in [1.165, 1.54) is 21.6 Å². The third-order valence-electron chi connectivity index (χ3n) is 4.37. The van der Waals surface area contributed by atoms with E-state index in [1.807, 2.05) is 0 Å². The number of rotatable bonds is 4. The first-order valence-electron chi connectivity index (χ1n) is 7.04. The number of amides is 2. The average Bonchev–Trinajstić information content (AvgIpc) is 3.12. The number of hydrogen-bond donors (Lipinski definition) is 1. The van der Waals surface area contributed by atoms with Crippen molar-refractivity contribution < 1.29 is 19.5 Å². The van der Waals surface area contributed by atoms with Gasteiger partial charge in [-0.3, -0.25) is 14.5 Å². The van der Waals surface area contributed by atoms with Crippen molar-refractivity contribution >= 4 is 29.1 Å². The van der Waals surface area contributed by atoms with Gasteiger partial charge in [0.2, 0.25) is 11.8 Å². The summed E-state index contributed by atoms with van der Waals surface area (Å²) < 4.78 is 0. The molecule has 2 fully saturated rings. The van der Waals surface area contributed by atoms with Crippen molar-refractivity contribution in [1.29, 1.82) is 0 Å². The van der Waals surface area contributed by atoms with Crippen LogP contribution in [0.2, 0.25) is 0 Å². The Morgan fingerprint density at radius 3 is 2.71 bits per heavy atom.